The van der Waals surface area contributed by atoms with Gasteiger partial charge in [0.05, 0.1) is 0 Å². The average molecular weight is 349 g/mol. The minimum Gasteiger partial charge on any atom is -0.348 e. The van der Waals surface area contributed by atoms with Gasteiger partial charge in [-0.25, -0.2) is 0 Å². The number of hydrogen-bond acceptors (Lipinski definition) is 4. The summed E-state index contributed by atoms with van der Waals surface area (Å²) in [6.07, 6.45) is 0. The van der Waals surface area contributed by atoms with Crippen LogP contribution in [0.15, 0.2) is 34.8 Å². The van der Waals surface area contributed by atoms with Crippen molar-refractivity contribution in [1.82, 2.24) is 15.5 Å². The van der Waals surface area contributed by atoms with Crippen LogP contribution in [-0.4, -0.2) is 22.1 Å². The van der Waals surface area contributed by atoms with Crippen molar-refractivity contribution in [3.8, 4) is 0 Å². The predicted octanol–water partition coefficient (Wildman–Crippen LogP) is 3.43. The van der Waals surface area contributed by atoms with Gasteiger partial charge in [-0.05, 0) is 56.7 Å². The maximum absolute atomic E-state index is 11.8. The smallest absolute Gasteiger partial charge is 0.271 e. The third-order valence-electron chi connectivity index (χ3n) is 2.77. The molecule has 0 aliphatic carbocycles. The van der Waals surface area contributed by atoms with E-state index < -0.39 is 0 Å². The second-order valence-electron chi connectivity index (χ2n) is 5.02. The second-order valence-corrected chi connectivity index (χ2v) is 5.93. The lowest BCUT2D eigenvalue weighted by Crippen LogP contribution is -2.30. The van der Waals surface area contributed by atoms with Gasteiger partial charge in [0.1, 0.15) is 0 Å². The number of anilines is 2. The van der Waals surface area contributed by atoms with Crippen molar-refractivity contribution in [2.45, 2.75) is 26.8 Å². The zero-order valence-corrected chi connectivity index (χ0v) is 13.7. The number of amides is 1. The molecule has 110 valence electrons. The molecule has 0 radical (unpaired) electrons. The highest BCUT2D eigenvalue weighted by Gasteiger charge is 2.09. The Hall–Kier alpha value is -1.95. The number of benzene rings is 1. The summed E-state index contributed by atoms with van der Waals surface area (Å²) in [7, 11) is 0. The van der Waals surface area contributed by atoms with Gasteiger partial charge in [0, 0.05) is 16.2 Å². The van der Waals surface area contributed by atoms with Gasteiger partial charge in [0.15, 0.2) is 11.5 Å². The topological polar surface area (TPSA) is 66.9 Å². The number of halogens is 1. The van der Waals surface area contributed by atoms with Gasteiger partial charge >= 0.3 is 0 Å². The molecule has 0 saturated carbocycles. The minimum absolute atomic E-state index is 0.0718. The Morgan fingerprint density at radius 3 is 2.52 bits per heavy atom. The van der Waals surface area contributed by atoms with Crippen molar-refractivity contribution in [3.63, 3.8) is 0 Å². The fourth-order valence-corrected chi connectivity index (χ4v) is 2.24. The van der Waals surface area contributed by atoms with Crippen LogP contribution < -0.4 is 10.6 Å². The van der Waals surface area contributed by atoms with E-state index >= 15 is 0 Å². The summed E-state index contributed by atoms with van der Waals surface area (Å²) in [5.41, 5.74) is 2.35. The maximum Gasteiger partial charge on any atom is 0.271 e. The quantitative estimate of drug-likeness (QED) is 0.888. The molecule has 0 aliphatic rings. The summed E-state index contributed by atoms with van der Waals surface area (Å²) in [6, 6.07) is 9.39. The number of nitrogens with one attached hydrogen (secondary N) is 2. The van der Waals surface area contributed by atoms with Crippen LogP contribution in [-0.2, 0) is 0 Å². The average Bonchev–Trinajstić information content (AvgIpc) is 2.42. The van der Waals surface area contributed by atoms with Gasteiger partial charge in [0.25, 0.3) is 5.91 Å². The van der Waals surface area contributed by atoms with Crippen LogP contribution in [0.5, 0.6) is 0 Å². The molecular weight excluding hydrogens is 332 g/mol. The van der Waals surface area contributed by atoms with Crippen LogP contribution in [0, 0.1) is 6.92 Å². The van der Waals surface area contributed by atoms with Crippen LogP contribution >= 0.6 is 15.9 Å². The number of aryl methyl sites for hydroxylation is 1. The molecule has 0 atom stereocenters. The predicted molar refractivity (Wildman–Crippen MR) is 86.8 cm³/mol. The summed E-state index contributed by atoms with van der Waals surface area (Å²) >= 11 is 3.43. The Morgan fingerprint density at radius 2 is 1.95 bits per heavy atom. The van der Waals surface area contributed by atoms with Gasteiger partial charge in [-0.3, -0.25) is 4.79 Å². The molecule has 2 aromatic rings. The van der Waals surface area contributed by atoms with Gasteiger partial charge in [-0.15, -0.1) is 10.2 Å². The van der Waals surface area contributed by atoms with Crippen LogP contribution in [0.2, 0.25) is 0 Å². The monoisotopic (exact) mass is 348 g/mol. The lowest BCUT2D eigenvalue weighted by Gasteiger charge is -2.10. The molecule has 1 heterocycles. The van der Waals surface area contributed by atoms with Crippen LogP contribution in [0.3, 0.4) is 0 Å². The van der Waals surface area contributed by atoms with Crippen molar-refractivity contribution in [1.29, 1.82) is 0 Å². The number of carbonyl (C=O) groups excluding carboxylic acids is 1. The number of carbonyl (C=O) groups is 1. The van der Waals surface area contributed by atoms with Crippen molar-refractivity contribution in [2.75, 3.05) is 5.32 Å². The van der Waals surface area contributed by atoms with Gasteiger partial charge in [-0.2, -0.15) is 0 Å². The SMILES string of the molecule is Cc1cc(Br)ccc1Nc1ccc(C(=O)NC(C)C)nn1. The summed E-state index contributed by atoms with van der Waals surface area (Å²) < 4.78 is 1.03. The zero-order valence-electron chi connectivity index (χ0n) is 12.1. The molecular formula is C15H17BrN4O. The highest BCUT2D eigenvalue weighted by molar-refractivity contribution is 9.10. The molecule has 1 aromatic carbocycles. The first-order chi connectivity index (χ1) is 9.95. The summed E-state index contributed by atoms with van der Waals surface area (Å²) in [6.45, 7) is 5.81. The number of aromatic nitrogens is 2. The molecule has 0 saturated heterocycles. The van der Waals surface area contributed by atoms with Crippen molar-refractivity contribution < 1.29 is 4.79 Å². The number of nitrogens with zero attached hydrogens (tertiary/aromatic N) is 2. The fraction of sp³-hybridized carbons (Fsp3) is 0.267. The first-order valence-corrected chi connectivity index (χ1v) is 7.43. The molecule has 2 N–H and O–H groups in total. The van der Waals surface area contributed by atoms with Gasteiger partial charge < -0.3 is 10.6 Å². The summed E-state index contributed by atoms with van der Waals surface area (Å²) in [5, 5.41) is 13.9. The molecule has 21 heavy (non-hydrogen) atoms. The highest BCUT2D eigenvalue weighted by Crippen LogP contribution is 2.22. The largest absolute Gasteiger partial charge is 0.348 e. The fourth-order valence-electron chi connectivity index (χ4n) is 1.76. The highest BCUT2D eigenvalue weighted by atomic mass is 79.9. The molecule has 0 bridgehead atoms. The van der Waals surface area contributed by atoms with Gasteiger partial charge in [-0.1, -0.05) is 15.9 Å². The Labute approximate surface area is 132 Å². The molecule has 1 aromatic heterocycles. The molecule has 6 heteroatoms. The Kier molecular flexibility index (Phi) is 4.90. The number of rotatable bonds is 4. The molecule has 2 rings (SSSR count). The van der Waals surface area contributed by atoms with E-state index in [1.807, 2.05) is 39.0 Å². The van der Waals surface area contributed by atoms with Gasteiger partial charge in [0.2, 0.25) is 0 Å². The van der Waals surface area contributed by atoms with Crippen molar-refractivity contribution in [2.24, 2.45) is 0 Å². The van der Waals surface area contributed by atoms with E-state index in [0.717, 1.165) is 15.7 Å². The van der Waals surface area contributed by atoms with E-state index in [1.54, 1.807) is 12.1 Å². The van der Waals surface area contributed by atoms with E-state index in [0.29, 0.717) is 11.5 Å². The minimum atomic E-state index is -0.219. The normalized spacial score (nSPS) is 10.5. The van der Waals surface area contributed by atoms with Crippen molar-refractivity contribution >= 4 is 33.3 Å². The third kappa shape index (κ3) is 4.26. The Morgan fingerprint density at radius 1 is 1.19 bits per heavy atom. The van der Waals surface area contributed by atoms with E-state index in [9.17, 15) is 4.79 Å². The summed E-state index contributed by atoms with van der Waals surface area (Å²) in [5.74, 6) is 0.380. The lowest BCUT2D eigenvalue weighted by molar-refractivity contribution is 0.0937. The molecule has 0 unspecified atom stereocenters. The Balaban J connectivity index is 2.10. The van der Waals surface area contributed by atoms with Crippen LogP contribution in [0.25, 0.3) is 0 Å². The molecule has 5 nitrogen and oxygen atoms in total. The standard InChI is InChI=1S/C15H17BrN4O/c1-9(2)17-15(21)13-6-7-14(20-19-13)18-12-5-4-11(16)8-10(12)3/h4-9H,1-3H3,(H,17,21)(H,18,20). The Bertz CT molecular complexity index is 641. The van der Waals surface area contributed by atoms with E-state index in [4.69, 9.17) is 0 Å². The first kappa shape index (κ1) is 15.4. The molecule has 0 spiro atoms. The van der Waals surface area contributed by atoms with Crippen molar-refractivity contribution in [3.05, 3.63) is 46.1 Å². The zero-order chi connectivity index (χ0) is 15.4. The third-order valence-corrected chi connectivity index (χ3v) is 3.26. The first-order valence-electron chi connectivity index (χ1n) is 6.63. The second kappa shape index (κ2) is 6.67. The summed E-state index contributed by atoms with van der Waals surface area (Å²) in [4.78, 5) is 11.8. The maximum atomic E-state index is 11.8. The van der Waals surface area contributed by atoms with E-state index in [1.165, 1.54) is 0 Å². The van der Waals surface area contributed by atoms with Crippen LogP contribution in [0.4, 0.5) is 11.5 Å². The number of hydrogen-bond donors (Lipinski definition) is 2. The lowest BCUT2D eigenvalue weighted by atomic mass is 10.2. The molecule has 1 amide bonds. The van der Waals surface area contributed by atoms with E-state index in [-0.39, 0.29) is 11.9 Å². The van der Waals surface area contributed by atoms with E-state index in [2.05, 4.69) is 36.8 Å². The molecule has 0 aliphatic heterocycles. The van der Waals surface area contributed by atoms with Crippen LogP contribution in [0.1, 0.15) is 29.9 Å². The molecule has 0 fully saturated rings.